The molecule has 1 aromatic carbocycles. The Morgan fingerprint density at radius 3 is 2.78 bits per heavy atom. The van der Waals surface area contributed by atoms with Gasteiger partial charge in [0, 0.05) is 18.5 Å². The van der Waals surface area contributed by atoms with E-state index in [1.54, 1.807) is 6.20 Å². The van der Waals surface area contributed by atoms with E-state index in [9.17, 15) is 4.79 Å². The topological polar surface area (TPSA) is 59.8 Å². The van der Waals surface area contributed by atoms with Crippen molar-refractivity contribution in [2.45, 2.75) is 19.9 Å². The van der Waals surface area contributed by atoms with Gasteiger partial charge < -0.3 is 9.88 Å². The lowest BCUT2D eigenvalue weighted by molar-refractivity contribution is -0.119. The third-order valence-corrected chi connectivity index (χ3v) is 5.26. The van der Waals surface area contributed by atoms with Gasteiger partial charge in [0.2, 0.25) is 5.91 Å². The first-order chi connectivity index (χ1) is 13.2. The third kappa shape index (κ3) is 3.90. The molecule has 0 saturated heterocycles. The first-order valence-electron chi connectivity index (χ1n) is 8.89. The van der Waals surface area contributed by atoms with Crippen LogP contribution in [0.5, 0.6) is 0 Å². The molecule has 0 aliphatic heterocycles. The summed E-state index contributed by atoms with van der Waals surface area (Å²) in [6.07, 6.45) is 2.34. The minimum atomic E-state index is -0.196. The number of amides is 1. The predicted molar refractivity (Wildman–Crippen MR) is 109 cm³/mol. The van der Waals surface area contributed by atoms with Crippen LogP contribution in [0.2, 0.25) is 0 Å². The van der Waals surface area contributed by atoms with Crippen LogP contribution in [0.4, 0.5) is 5.00 Å². The Hall–Kier alpha value is -2.99. The summed E-state index contributed by atoms with van der Waals surface area (Å²) < 4.78 is 2.11. The lowest BCUT2D eigenvalue weighted by atomic mass is 10.1. The Morgan fingerprint density at radius 1 is 1.15 bits per heavy atom. The molecule has 0 spiro atoms. The van der Waals surface area contributed by atoms with Crippen LogP contribution >= 0.6 is 11.3 Å². The van der Waals surface area contributed by atoms with Crippen molar-refractivity contribution in [3.8, 4) is 0 Å². The number of anilines is 1. The van der Waals surface area contributed by atoms with Gasteiger partial charge in [0.05, 0.1) is 11.5 Å². The molecule has 0 bridgehead atoms. The van der Waals surface area contributed by atoms with Gasteiger partial charge in [-0.05, 0) is 35.2 Å². The van der Waals surface area contributed by atoms with Crippen molar-refractivity contribution in [1.82, 2.24) is 14.5 Å². The van der Waals surface area contributed by atoms with E-state index >= 15 is 0 Å². The Balaban J connectivity index is 1.60. The van der Waals surface area contributed by atoms with Gasteiger partial charge in [-0.3, -0.25) is 4.79 Å². The number of carbonyl (C=O) groups is 1. The van der Waals surface area contributed by atoms with E-state index in [0.717, 1.165) is 22.0 Å². The molecule has 1 unspecified atom stereocenters. The second-order valence-corrected chi connectivity index (χ2v) is 7.47. The maximum absolute atomic E-state index is 12.5. The number of carbonyl (C=O) groups excluding carboxylic acids is 1. The molecule has 0 aliphatic carbocycles. The van der Waals surface area contributed by atoms with Crippen LogP contribution in [0.15, 0.2) is 66.2 Å². The van der Waals surface area contributed by atoms with Crippen LogP contribution in [-0.4, -0.2) is 20.4 Å². The molecular formula is C21H20N4OS. The van der Waals surface area contributed by atoms with E-state index in [1.807, 2.05) is 54.8 Å². The number of hydrogen-bond acceptors (Lipinski definition) is 4. The quantitative estimate of drug-likeness (QED) is 0.544. The number of thiophene rings is 1. The van der Waals surface area contributed by atoms with E-state index in [-0.39, 0.29) is 11.8 Å². The summed E-state index contributed by atoms with van der Waals surface area (Å²) in [6, 6.07) is 17.9. The highest BCUT2D eigenvalue weighted by Gasteiger charge is 2.19. The molecule has 1 N–H and O–H groups in total. The molecule has 5 nitrogen and oxygen atoms in total. The number of hydrogen-bond donors (Lipinski definition) is 1. The Morgan fingerprint density at radius 2 is 2.00 bits per heavy atom. The zero-order chi connectivity index (χ0) is 18.6. The molecular weight excluding hydrogens is 356 g/mol. The molecule has 6 heteroatoms. The van der Waals surface area contributed by atoms with Gasteiger partial charge in [-0.25, -0.2) is 9.97 Å². The minimum Gasteiger partial charge on any atom is -0.317 e. The largest absolute Gasteiger partial charge is 0.317 e. The smallest absolute Gasteiger partial charge is 0.228 e. The van der Waals surface area contributed by atoms with Crippen molar-refractivity contribution in [3.05, 3.63) is 77.6 Å². The summed E-state index contributed by atoms with van der Waals surface area (Å²) in [7, 11) is 0. The van der Waals surface area contributed by atoms with E-state index < -0.39 is 0 Å². The van der Waals surface area contributed by atoms with Crippen molar-refractivity contribution >= 4 is 33.4 Å². The van der Waals surface area contributed by atoms with Crippen LogP contribution in [-0.2, 0) is 17.8 Å². The van der Waals surface area contributed by atoms with Crippen molar-refractivity contribution in [2.24, 2.45) is 5.92 Å². The fourth-order valence-electron chi connectivity index (χ4n) is 3.05. The second kappa shape index (κ2) is 7.72. The number of fused-ring (bicyclic) bond motifs is 1. The summed E-state index contributed by atoms with van der Waals surface area (Å²) in [4.78, 5) is 21.8. The fourth-order valence-corrected chi connectivity index (χ4v) is 3.67. The molecule has 4 aromatic rings. The van der Waals surface area contributed by atoms with Gasteiger partial charge in [-0.15, -0.1) is 11.3 Å². The van der Waals surface area contributed by atoms with Crippen LogP contribution in [0, 0.1) is 5.92 Å². The molecule has 0 aliphatic rings. The molecule has 3 aromatic heterocycles. The van der Waals surface area contributed by atoms with Crippen LogP contribution in [0.1, 0.15) is 18.3 Å². The summed E-state index contributed by atoms with van der Waals surface area (Å²) in [5.74, 6) is 0.684. The minimum absolute atomic E-state index is 0.00345. The van der Waals surface area contributed by atoms with Crippen LogP contribution < -0.4 is 5.32 Å². The number of benzene rings is 1. The molecule has 136 valence electrons. The van der Waals surface area contributed by atoms with Gasteiger partial charge in [0.15, 0.2) is 5.65 Å². The predicted octanol–water partition coefficient (Wildman–Crippen LogP) is 4.36. The van der Waals surface area contributed by atoms with Crippen molar-refractivity contribution in [1.29, 1.82) is 0 Å². The normalized spacial score (nSPS) is 12.2. The van der Waals surface area contributed by atoms with Crippen LogP contribution in [0.3, 0.4) is 0 Å². The number of rotatable bonds is 6. The highest BCUT2D eigenvalue weighted by Crippen LogP contribution is 2.20. The fraction of sp³-hybridized carbons (Fsp3) is 0.190. The van der Waals surface area contributed by atoms with Crippen molar-refractivity contribution in [3.63, 3.8) is 0 Å². The lowest BCUT2D eigenvalue weighted by Gasteiger charge is -2.13. The maximum Gasteiger partial charge on any atom is 0.228 e. The SMILES string of the molecule is CC(Cc1nc2cccnc2n1Cc1ccccc1)C(=O)Nc1cccs1. The van der Waals surface area contributed by atoms with Gasteiger partial charge in [0.25, 0.3) is 0 Å². The molecule has 3 heterocycles. The molecule has 27 heavy (non-hydrogen) atoms. The highest BCUT2D eigenvalue weighted by atomic mass is 32.1. The zero-order valence-electron chi connectivity index (χ0n) is 15.0. The maximum atomic E-state index is 12.5. The molecule has 1 amide bonds. The summed E-state index contributed by atoms with van der Waals surface area (Å²) in [5.41, 5.74) is 2.89. The van der Waals surface area contributed by atoms with E-state index in [4.69, 9.17) is 4.98 Å². The van der Waals surface area contributed by atoms with Crippen LogP contribution in [0.25, 0.3) is 11.2 Å². The highest BCUT2D eigenvalue weighted by molar-refractivity contribution is 7.14. The summed E-state index contributed by atoms with van der Waals surface area (Å²) in [5, 5.41) is 5.79. The summed E-state index contributed by atoms with van der Waals surface area (Å²) >= 11 is 1.52. The number of pyridine rings is 1. The Kier molecular flexibility index (Phi) is 4.98. The zero-order valence-corrected chi connectivity index (χ0v) is 15.8. The number of nitrogens with one attached hydrogen (secondary N) is 1. The standard InChI is InChI=1S/C21H20N4OS/c1-15(21(26)24-19-10-6-12-27-19)13-18-23-17-9-5-11-22-20(17)25(18)14-16-7-3-2-4-8-16/h2-12,15H,13-14H2,1H3,(H,24,26). The number of aromatic nitrogens is 3. The first kappa shape index (κ1) is 17.4. The molecule has 4 rings (SSSR count). The van der Waals surface area contributed by atoms with Crippen molar-refractivity contribution in [2.75, 3.05) is 5.32 Å². The molecule has 0 fully saturated rings. The van der Waals surface area contributed by atoms with Gasteiger partial charge in [-0.2, -0.15) is 0 Å². The lowest BCUT2D eigenvalue weighted by Crippen LogP contribution is -2.23. The Bertz CT molecular complexity index is 1040. The van der Waals surface area contributed by atoms with Gasteiger partial charge in [0.1, 0.15) is 11.3 Å². The van der Waals surface area contributed by atoms with E-state index in [0.29, 0.717) is 13.0 Å². The van der Waals surface area contributed by atoms with E-state index in [1.165, 1.54) is 16.9 Å². The number of nitrogens with zero attached hydrogens (tertiary/aromatic N) is 3. The third-order valence-electron chi connectivity index (χ3n) is 4.47. The average molecular weight is 376 g/mol. The van der Waals surface area contributed by atoms with Gasteiger partial charge in [-0.1, -0.05) is 37.3 Å². The number of imidazole rings is 1. The molecule has 0 radical (unpaired) electrons. The summed E-state index contributed by atoms with van der Waals surface area (Å²) in [6.45, 7) is 2.62. The Labute approximate surface area is 161 Å². The van der Waals surface area contributed by atoms with Crippen molar-refractivity contribution < 1.29 is 4.79 Å². The second-order valence-electron chi connectivity index (χ2n) is 6.52. The van der Waals surface area contributed by atoms with Gasteiger partial charge >= 0.3 is 0 Å². The average Bonchev–Trinajstić information content (AvgIpc) is 3.31. The molecule has 0 saturated carbocycles. The molecule has 1 atom stereocenters. The van der Waals surface area contributed by atoms with E-state index in [2.05, 4.69) is 27.0 Å². The first-order valence-corrected chi connectivity index (χ1v) is 9.77. The monoisotopic (exact) mass is 376 g/mol.